The number of hydrogen-bond donors (Lipinski definition) is 2. The first-order valence-corrected chi connectivity index (χ1v) is 10.8. The highest BCUT2D eigenvalue weighted by atomic mass is 14.9. The van der Waals surface area contributed by atoms with Gasteiger partial charge in [0.1, 0.15) is 0 Å². The number of rotatable bonds is 15. The second kappa shape index (κ2) is 13.8. The molecule has 0 aliphatic carbocycles. The van der Waals surface area contributed by atoms with E-state index in [2.05, 4.69) is 60.0 Å². The Bertz CT molecular complexity index is 588. The monoisotopic (exact) mass is 354 g/mol. The zero-order valence-electron chi connectivity index (χ0n) is 16.7. The van der Waals surface area contributed by atoms with E-state index in [4.69, 9.17) is 0 Å². The largest absolute Gasteiger partial charge is 0.315 e. The predicted octanol–water partition coefficient (Wildman–Crippen LogP) is 6.05. The Hall–Kier alpha value is -1.38. The molecule has 0 aliphatic rings. The second-order valence-corrected chi connectivity index (χ2v) is 7.39. The summed E-state index contributed by atoms with van der Waals surface area (Å²) >= 11 is 0. The fourth-order valence-electron chi connectivity index (χ4n) is 3.53. The van der Waals surface area contributed by atoms with Gasteiger partial charge in [-0.05, 0) is 29.3 Å². The molecular weight excluding hydrogens is 316 g/mol. The summed E-state index contributed by atoms with van der Waals surface area (Å²) in [5, 5.41) is 9.83. The summed E-state index contributed by atoms with van der Waals surface area (Å²) in [6.07, 6.45) is 12.6. The molecule has 2 nitrogen and oxygen atoms in total. The lowest BCUT2D eigenvalue weighted by Gasteiger charge is -2.09. The molecule has 0 radical (unpaired) electrons. The highest BCUT2D eigenvalue weighted by molar-refractivity contribution is 5.85. The molecule has 2 N–H and O–H groups in total. The van der Waals surface area contributed by atoms with Crippen molar-refractivity contribution in [2.75, 3.05) is 19.6 Å². The van der Waals surface area contributed by atoms with Crippen LogP contribution in [0, 0.1) is 0 Å². The lowest BCUT2D eigenvalue weighted by molar-refractivity contribution is 0.542. The summed E-state index contributed by atoms with van der Waals surface area (Å²) in [5.41, 5.74) is 1.39. The number of nitrogens with one attached hydrogen (secondary N) is 2. The van der Waals surface area contributed by atoms with Crippen LogP contribution in [0.15, 0.2) is 42.5 Å². The standard InChI is InChI=1S/C24H38N2/c1-2-3-4-5-6-7-8-9-12-18-25-19-20-26-21-23-16-13-15-22-14-10-11-17-24(22)23/h10-11,13-17,25-26H,2-9,12,18-21H2,1H3. The minimum Gasteiger partial charge on any atom is -0.315 e. The van der Waals surface area contributed by atoms with Gasteiger partial charge in [0.15, 0.2) is 0 Å². The van der Waals surface area contributed by atoms with E-state index in [1.54, 1.807) is 0 Å². The molecule has 2 aromatic carbocycles. The first-order chi connectivity index (χ1) is 12.9. The fraction of sp³-hybridized carbons (Fsp3) is 0.583. The summed E-state index contributed by atoms with van der Waals surface area (Å²) in [7, 11) is 0. The number of benzene rings is 2. The van der Waals surface area contributed by atoms with Crippen molar-refractivity contribution >= 4 is 10.8 Å². The van der Waals surface area contributed by atoms with Crippen LogP contribution in [0.4, 0.5) is 0 Å². The molecule has 0 bridgehead atoms. The molecule has 2 heteroatoms. The molecule has 0 fully saturated rings. The van der Waals surface area contributed by atoms with Crippen LogP contribution in [0.1, 0.15) is 70.3 Å². The van der Waals surface area contributed by atoms with Crippen LogP contribution in [0.3, 0.4) is 0 Å². The second-order valence-electron chi connectivity index (χ2n) is 7.39. The highest BCUT2D eigenvalue weighted by Crippen LogP contribution is 2.18. The molecule has 0 atom stereocenters. The van der Waals surface area contributed by atoms with Crippen molar-refractivity contribution in [1.29, 1.82) is 0 Å². The maximum atomic E-state index is 3.57. The van der Waals surface area contributed by atoms with Crippen molar-refractivity contribution in [3.63, 3.8) is 0 Å². The topological polar surface area (TPSA) is 24.1 Å². The lowest BCUT2D eigenvalue weighted by atomic mass is 10.0. The van der Waals surface area contributed by atoms with Gasteiger partial charge >= 0.3 is 0 Å². The Kier molecular flexibility index (Phi) is 11.1. The molecule has 0 aromatic heterocycles. The normalized spacial score (nSPS) is 11.3. The third kappa shape index (κ3) is 8.33. The van der Waals surface area contributed by atoms with Crippen LogP contribution >= 0.6 is 0 Å². The van der Waals surface area contributed by atoms with Gasteiger partial charge in [0, 0.05) is 19.6 Å². The first-order valence-electron chi connectivity index (χ1n) is 10.8. The van der Waals surface area contributed by atoms with E-state index in [0.717, 1.165) is 26.2 Å². The molecule has 0 saturated heterocycles. The SMILES string of the molecule is CCCCCCCCCCCNCCNCc1cccc2ccccc12. The van der Waals surface area contributed by atoms with E-state index < -0.39 is 0 Å². The maximum Gasteiger partial charge on any atom is 0.0212 e. The van der Waals surface area contributed by atoms with Crippen molar-refractivity contribution in [2.45, 2.75) is 71.3 Å². The highest BCUT2D eigenvalue weighted by Gasteiger charge is 1.99. The van der Waals surface area contributed by atoms with Gasteiger partial charge in [-0.3, -0.25) is 0 Å². The molecule has 0 amide bonds. The van der Waals surface area contributed by atoms with Crippen molar-refractivity contribution < 1.29 is 0 Å². The molecule has 0 heterocycles. The van der Waals surface area contributed by atoms with Crippen molar-refractivity contribution in [3.8, 4) is 0 Å². The Balaban J connectivity index is 1.43. The summed E-state index contributed by atoms with van der Waals surface area (Å²) in [6.45, 7) is 6.47. The predicted molar refractivity (Wildman–Crippen MR) is 116 cm³/mol. The number of unbranched alkanes of at least 4 members (excludes halogenated alkanes) is 8. The van der Waals surface area contributed by atoms with Crippen LogP contribution in [-0.2, 0) is 6.54 Å². The third-order valence-electron chi connectivity index (χ3n) is 5.13. The zero-order valence-corrected chi connectivity index (χ0v) is 16.7. The van der Waals surface area contributed by atoms with Gasteiger partial charge in [-0.2, -0.15) is 0 Å². The van der Waals surface area contributed by atoms with E-state index in [-0.39, 0.29) is 0 Å². The molecule has 0 saturated carbocycles. The molecule has 0 aliphatic heterocycles. The first kappa shape index (κ1) is 20.9. The van der Waals surface area contributed by atoms with Crippen LogP contribution in [0.5, 0.6) is 0 Å². The minimum absolute atomic E-state index is 0.946. The minimum atomic E-state index is 0.946. The van der Waals surface area contributed by atoms with E-state index in [1.807, 2.05) is 0 Å². The summed E-state index contributed by atoms with van der Waals surface area (Å²) in [4.78, 5) is 0. The molecule has 0 spiro atoms. The fourth-order valence-corrected chi connectivity index (χ4v) is 3.53. The van der Waals surface area contributed by atoms with Gasteiger partial charge in [0.2, 0.25) is 0 Å². The maximum absolute atomic E-state index is 3.57. The molecule has 0 unspecified atom stereocenters. The Labute approximate surface area is 160 Å². The average Bonchev–Trinajstić information content (AvgIpc) is 2.68. The Morgan fingerprint density at radius 2 is 1.27 bits per heavy atom. The van der Waals surface area contributed by atoms with Crippen molar-refractivity contribution in [1.82, 2.24) is 10.6 Å². The smallest absolute Gasteiger partial charge is 0.0212 e. The van der Waals surface area contributed by atoms with Crippen molar-refractivity contribution in [3.05, 3.63) is 48.0 Å². The summed E-state index contributed by atoms with van der Waals surface area (Å²) < 4.78 is 0. The van der Waals surface area contributed by atoms with Gasteiger partial charge in [-0.15, -0.1) is 0 Å². The molecular formula is C24H38N2. The van der Waals surface area contributed by atoms with Crippen LogP contribution < -0.4 is 10.6 Å². The van der Waals surface area contributed by atoms with E-state index >= 15 is 0 Å². The summed E-state index contributed by atoms with van der Waals surface area (Å²) in [5.74, 6) is 0. The molecule has 2 rings (SSSR count). The summed E-state index contributed by atoms with van der Waals surface area (Å²) in [6, 6.07) is 15.2. The Morgan fingerprint density at radius 3 is 2.08 bits per heavy atom. The van der Waals surface area contributed by atoms with Crippen LogP contribution in [0.2, 0.25) is 0 Å². The van der Waals surface area contributed by atoms with Crippen molar-refractivity contribution in [2.24, 2.45) is 0 Å². The molecule has 26 heavy (non-hydrogen) atoms. The van der Waals surface area contributed by atoms with E-state index in [1.165, 1.54) is 74.1 Å². The molecule has 144 valence electrons. The van der Waals surface area contributed by atoms with E-state index in [9.17, 15) is 0 Å². The van der Waals surface area contributed by atoms with Gasteiger partial charge in [-0.1, -0.05) is 101 Å². The van der Waals surface area contributed by atoms with Crippen LogP contribution in [-0.4, -0.2) is 19.6 Å². The lowest BCUT2D eigenvalue weighted by Crippen LogP contribution is -2.27. The van der Waals surface area contributed by atoms with E-state index in [0.29, 0.717) is 0 Å². The van der Waals surface area contributed by atoms with Gasteiger partial charge in [-0.25, -0.2) is 0 Å². The number of hydrogen-bond acceptors (Lipinski definition) is 2. The zero-order chi connectivity index (χ0) is 18.3. The van der Waals surface area contributed by atoms with Crippen LogP contribution in [0.25, 0.3) is 10.8 Å². The van der Waals surface area contributed by atoms with Gasteiger partial charge < -0.3 is 10.6 Å². The Morgan fingerprint density at radius 1 is 0.615 bits per heavy atom. The average molecular weight is 355 g/mol. The molecule has 2 aromatic rings. The van der Waals surface area contributed by atoms with Gasteiger partial charge in [0.05, 0.1) is 0 Å². The quantitative estimate of drug-likeness (QED) is 0.380. The van der Waals surface area contributed by atoms with Gasteiger partial charge in [0.25, 0.3) is 0 Å². The third-order valence-corrected chi connectivity index (χ3v) is 5.13. The number of fused-ring (bicyclic) bond motifs is 1.